The Morgan fingerprint density at radius 3 is 2.55 bits per heavy atom. The van der Waals surface area contributed by atoms with E-state index < -0.39 is 11.6 Å². The first-order valence-electron chi connectivity index (χ1n) is 11.4. The van der Waals surface area contributed by atoms with Crippen LogP contribution in [0, 0.1) is 11.8 Å². The summed E-state index contributed by atoms with van der Waals surface area (Å²) in [6.07, 6.45) is 1.80. The number of aliphatic hydroxyl groups excluding tert-OH is 1. The molecule has 1 saturated heterocycles. The Kier molecular flexibility index (Phi) is 5.23. The minimum Gasteiger partial charge on any atom is -0.394 e. The molecule has 2 aromatic rings. The Morgan fingerprint density at radius 1 is 1.21 bits per heavy atom. The highest BCUT2D eigenvalue weighted by Gasteiger charge is 2.56. The summed E-state index contributed by atoms with van der Waals surface area (Å²) in [5.41, 5.74) is 2.02. The van der Waals surface area contributed by atoms with Crippen LogP contribution in [0.1, 0.15) is 43.6 Å². The van der Waals surface area contributed by atoms with E-state index in [1.807, 2.05) is 49.1 Å². The lowest BCUT2D eigenvalue weighted by Gasteiger charge is -2.33. The molecule has 3 aliphatic rings. The van der Waals surface area contributed by atoms with Gasteiger partial charge in [0.15, 0.2) is 0 Å². The molecule has 33 heavy (non-hydrogen) atoms. The van der Waals surface area contributed by atoms with Crippen LogP contribution in [0.25, 0.3) is 0 Å². The minimum absolute atomic E-state index is 0.131. The molecule has 9 nitrogen and oxygen atoms in total. The Bertz CT molecular complexity index is 1060. The summed E-state index contributed by atoms with van der Waals surface area (Å²) < 4.78 is 0. The van der Waals surface area contributed by atoms with Crippen LogP contribution in [0.2, 0.25) is 0 Å². The molecule has 3 N–H and O–H groups in total. The first kappa shape index (κ1) is 21.6. The fourth-order valence-corrected chi connectivity index (χ4v) is 5.23. The number of rotatable bonds is 5. The number of carbonyl (C=O) groups is 2. The van der Waals surface area contributed by atoms with Crippen LogP contribution in [0.3, 0.4) is 0 Å². The number of fused-ring (bicyclic) bond motifs is 2. The van der Waals surface area contributed by atoms with Crippen molar-refractivity contribution in [3.05, 3.63) is 53.3 Å². The van der Waals surface area contributed by atoms with Gasteiger partial charge in [0, 0.05) is 49.7 Å². The van der Waals surface area contributed by atoms with Crippen LogP contribution in [-0.2, 0) is 16.9 Å². The van der Waals surface area contributed by atoms with E-state index in [0.717, 1.165) is 29.9 Å². The fraction of sp³-hybridized carbons (Fsp3) is 0.500. The van der Waals surface area contributed by atoms with E-state index in [-0.39, 0.29) is 18.5 Å². The monoisotopic (exact) mass is 450 g/mol. The van der Waals surface area contributed by atoms with E-state index in [0.29, 0.717) is 30.4 Å². The maximum absolute atomic E-state index is 13.2. The molecule has 174 valence electrons. The molecular weight excluding hydrogens is 420 g/mol. The van der Waals surface area contributed by atoms with E-state index >= 15 is 0 Å². The predicted molar refractivity (Wildman–Crippen MR) is 122 cm³/mol. The molecule has 3 atom stereocenters. The van der Waals surface area contributed by atoms with E-state index in [9.17, 15) is 14.7 Å². The van der Waals surface area contributed by atoms with Crippen molar-refractivity contribution in [2.24, 2.45) is 11.8 Å². The van der Waals surface area contributed by atoms with Gasteiger partial charge in [-0.15, -0.1) is 0 Å². The molecule has 0 bridgehead atoms. The predicted octanol–water partition coefficient (Wildman–Crippen LogP) is 1.86. The second-order valence-electron chi connectivity index (χ2n) is 9.72. The lowest BCUT2D eigenvalue weighted by molar-refractivity contribution is -0.128. The summed E-state index contributed by atoms with van der Waals surface area (Å²) >= 11 is 0. The first-order valence-corrected chi connectivity index (χ1v) is 11.4. The van der Waals surface area contributed by atoms with Gasteiger partial charge in [0.25, 0.3) is 0 Å². The normalized spacial score (nSPS) is 25.3. The average molecular weight is 451 g/mol. The number of benzene rings is 1. The van der Waals surface area contributed by atoms with Gasteiger partial charge >= 0.3 is 6.03 Å². The number of carbonyl (C=O) groups excluding carboxylic acids is 2. The number of piperidine rings is 1. The molecule has 1 aromatic heterocycles. The van der Waals surface area contributed by atoms with Gasteiger partial charge in [-0.2, -0.15) is 0 Å². The first-order chi connectivity index (χ1) is 15.8. The Balaban J connectivity index is 1.26. The SMILES string of the molecule is CC(=O)N1CC2C(C1)C2Nc1ncc2c(n1)CN(C(=O)N[C@H](CO)c1ccccc1)C2(C)C. The number of aliphatic hydroxyl groups is 1. The van der Waals surface area contributed by atoms with Gasteiger partial charge in [-0.1, -0.05) is 30.3 Å². The van der Waals surface area contributed by atoms with Crippen LogP contribution >= 0.6 is 0 Å². The summed E-state index contributed by atoms with van der Waals surface area (Å²) in [5.74, 6) is 1.61. The number of likely N-dealkylation sites (tertiary alicyclic amines) is 1. The molecule has 3 amide bonds. The van der Waals surface area contributed by atoms with Crippen molar-refractivity contribution in [1.29, 1.82) is 0 Å². The number of aromatic nitrogens is 2. The third-order valence-electron chi connectivity index (χ3n) is 7.37. The molecule has 1 aliphatic carbocycles. The summed E-state index contributed by atoms with van der Waals surface area (Å²) in [5, 5.41) is 16.2. The van der Waals surface area contributed by atoms with Crippen LogP contribution in [0.15, 0.2) is 36.5 Å². The standard InChI is InChI=1S/C24H30N6O3/c1-14(32)29-10-16-17(11-29)21(16)28-22-25-9-18-19(26-22)12-30(24(18,2)3)23(33)27-20(13-31)15-7-5-4-6-8-15/h4-9,16-17,20-21,31H,10-13H2,1-3H3,(H,27,33)(H,25,26,28)/t16?,17?,20-,21?/m1/s1. The number of hydrogen-bond donors (Lipinski definition) is 3. The van der Waals surface area contributed by atoms with Crippen molar-refractivity contribution in [3.8, 4) is 0 Å². The quantitative estimate of drug-likeness (QED) is 0.641. The van der Waals surface area contributed by atoms with E-state index in [1.165, 1.54) is 0 Å². The maximum Gasteiger partial charge on any atom is 0.319 e. The number of nitrogens with one attached hydrogen (secondary N) is 2. The van der Waals surface area contributed by atoms with Crippen LogP contribution < -0.4 is 10.6 Å². The molecule has 1 aromatic carbocycles. The second kappa shape index (κ2) is 7.98. The maximum atomic E-state index is 13.2. The van der Waals surface area contributed by atoms with Gasteiger partial charge in [0.05, 0.1) is 30.4 Å². The Morgan fingerprint density at radius 2 is 1.91 bits per heavy atom. The van der Waals surface area contributed by atoms with Crippen LogP contribution in [0.4, 0.5) is 10.7 Å². The Hall–Kier alpha value is -3.20. The summed E-state index contributed by atoms with van der Waals surface area (Å²) in [7, 11) is 0. The highest BCUT2D eigenvalue weighted by atomic mass is 16.3. The number of amides is 3. The zero-order valence-corrected chi connectivity index (χ0v) is 19.2. The largest absolute Gasteiger partial charge is 0.394 e. The number of hydrogen-bond acceptors (Lipinski definition) is 6. The van der Waals surface area contributed by atoms with E-state index in [1.54, 1.807) is 18.0 Å². The van der Waals surface area contributed by atoms with Gasteiger partial charge in [-0.3, -0.25) is 4.79 Å². The van der Waals surface area contributed by atoms with Gasteiger partial charge in [-0.05, 0) is 19.4 Å². The third kappa shape index (κ3) is 3.80. The molecule has 9 heteroatoms. The lowest BCUT2D eigenvalue weighted by Crippen LogP contribution is -2.47. The number of anilines is 1. The molecule has 3 heterocycles. The third-order valence-corrected chi connectivity index (χ3v) is 7.37. The van der Waals surface area contributed by atoms with Crippen molar-refractivity contribution in [1.82, 2.24) is 25.1 Å². The summed E-state index contributed by atoms with van der Waals surface area (Å²) in [4.78, 5) is 37.6. The molecule has 2 unspecified atom stereocenters. The molecule has 2 fully saturated rings. The second-order valence-corrected chi connectivity index (χ2v) is 9.72. The van der Waals surface area contributed by atoms with Crippen LogP contribution in [0.5, 0.6) is 0 Å². The van der Waals surface area contributed by atoms with Crippen molar-refractivity contribution in [2.75, 3.05) is 25.0 Å². The molecule has 2 aliphatic heterocycles. The number of nitrogens with zero attached hydrogens (tertiary/aromatic N) is 4. The van der Waals surface area contributed by atoms with E-state index in [2.05, 4.69) is 15.6 Å². The minimum atomic E-state index is -0.577. The van der Waals surface area contributed by atoms with Gasteiger partial charge < -0.3 is 25.5 Å². The Labute approximate surface area is 193 Å². The molecule has 5 rings (SSSR count). The lowest BCUT2D eigenvalue weighted by atomic mass is 9.97. The highest BCUT2D eigenvalue weighted by Crippen LogP contribution is 2.47. The van der Waals surface area contributed by atoms with Gasteiger partial charge in [-0.25, -0.2) is 14.8 Å². The molecule has 1 saturated carbocycles. The average Bonchev–Trinajstić information content (AvgIpc) is 3.12. The molecule has 0 radical (unpaired) electrons. The van der Waals surface area contributed by atoms with Crippen molar-refractivity contribution in [2.45, 2.75) is 44.9 Å². The summed E-state index contributed by atoms with van der Waals surface area (Å²) in [6.45, 7) is 7.33. The van der Waals surface area contributed by atoms with E-state index in [4.69, 9.17) is 4.98 Å². The fourth-order valence-electron chi connectivity index (χ4n) is 5.23. The van der Waals surface area contributed by atoms with Gasteiger partial charge in [0.1, 0.15) is 0 Å². The molecular formula is C24H30N6O3. The smallest absolute Gasteiger partial charge is 0.319 e. The summed E-state index contributed by atoms with van der Waals surface area (Å²) in [6, 6.07) is 9.00. The topological polar surface area (TPSA) is 111 Å². The molecule has 0 spiro atoms. The highest BCUT2D eigenvalue weighted by molar-refractivity contribution is 5.77. The van der Waals surface area contributed by atoms with Crippen molar-refractivity contribution < 1.29 is 14.7 Å². The van der Waals surface area contributed by atoms with Crippen molar-refractivity contribution in [3.63, 3.8) is 0 Å². The zero-order valence-electron chi connectivity index (χ0n) is 19.2. The zero-order chi connectivity index (χ0) is 23.3. The number of urea groups is 1. The van der Waals surface area contributed by atoms with Crippen LogP contribution in [-0.4, -0.2) is 62.6 Å². The van der Waals surface area contributed by atoms with Gasteiger partial charge in [0.2, 0.25) is 11.9 Å². The van der Waals surface area contributed by atoms with Crippen molar-refractivity contribution >= 4 is 17.9 Å².